The number of halogens is 1. The molecule has 2 aromatic carbocycles. The van der Waals surface area contributed by atoms with E-state index < -0.39 is 0 Å². The Morgan fingerprint density at radius 1 is 0.917 bits per heavy atom. The average molecular weight is 362 g/mol. The largest absolute Gasteiger partial charge is 0.303 e. The van der Waals surface area contributed by atoms with Crippen LogP contribution in [0, 0.1) is 0 Å². The first-order valence-electron chi connectivity index (χ1n) is 8.33. The Morgan fingerprint density at radius 2 is 1.42 bits per heavy atom. The van der Waals surface area contributed by atoms with Gasteiger partial charge in [-0.3, -0.25) is 4.79 Å². The van der Waals surface area contributed by atoms with Crippen LogP contribution in [0.3, 0.4) is 0 Å². The Morgan fingerprint density at radius 3 is 1.92 bits per heavy atom. The summed E-state index contributed by atoms with van der Waals surface area (Å²) in [4.78, 5) is 15.3. The van der Waals surface area contributed by atoms with Crippen molar-refractivity contribution in [3.05, 3.63) is 71.8 Å². The second-order valence-electron chi connectivity index (χ2n) is 5.97. The van der Waals surface area contributed by atoms with Gasteiger partial charge in [-0.2, -0.15) is 0 Å². The van der Waals surface area contributed by atoms with Gasteiger partial charge in [-0.1, -0.05) is 72.4 Å². The molecular formula is C20H24ClNOS. The molecule has 4 heteroatoms. The number of hydrogen-bond donors (Lipinski definition) is 0. The van der Waals surface area contributed by atoms with Gasteiger partial charge in [0.25, 0.3) is 0 Å². The molecule has 0 bridgehead atoms. The molecule has 0 spiro atoms. The molecular weight excluding hydrogens is 338 g/mol. The average Bonchev–Trinajstić information content (AvgIpc) is 3.10. The van der Waals surface area contributed by atoms with Crippen LogP contribution in [0.15, 0.2) is 60.7 Å². The first-order valence-corrected chi connectivity index (χ1v) is 9.32. The molecule has 0 radical (unpaired) electrons. The lowest BCUT2D eigenvalue weighted by Crippen LogP contribution is -2.23. The van der Waals surface area contributed by atoms with E-state index in [1.54, 1.807) is 0 Å². The van der Waals surface area contributed by atoms with Crippen LogP contribution in [0.2, 0.25) is 0 Å². The van der Waals surface area contributed by atoms with Crippen LogP contribution < -0.4 is 0 Å². The molecule has 0 saturated carbocycles. The predicted molar refractivity (Wildman–Crippen MR) is 105 cm³/mol. The van der Waals surface area contributed by atoms with Crippen molar-refractivity contribution in [3.8, 4) is 0 Å². The molecule has 1 fully saturated rings. The maximum atomic E-state index is 12.9. The number of carbonyl (C=O) groups is 1. The molecule has 2 nitrogen and oxygen atoms in total. The Balaban J connectivity index is 0.00000208. The number of likely N-dealkylation sites (tertiary alicyclic amines) is 1. The lowest BCUT2D eigenvalue weighted by atomic mass is 9.92. The van der Waals surface area contributed by atoms with Crippen LogP contribution in [0.25, 0.3) is 0 Å². The molecule has 1 heterocycles. The maximum absolute atomic E-state index is 12.9. The van der Waals surface area contributed by atoms with Crippen LogP contribution >= 0.6 is 24.2 Å². The normalized spacial score (nSPS) is 14.5. The summed E-state index contributed by atoms with van der Waals surface area (Å²) in [5.74, 6) is 0.718. The van der Waals surface area contributed by atoms with Crippen LogP contribution in [-0.4, -0.2) is 35.4 Å². The highest BCUT2D eigenvalue weighted by Gasteiger charge is 2.23. The molecule has 0 unspecified atom stereocenters. The number of rotatable bonds is 6. The molecule has 128 valence electrons. The summed E-state index contributed by atoms with van der Waals surface area (Å²) in [6, 6.07) is 20.2. The van der Waals surface area contributed by atoms with Crippen LogP contribution in [0.5, 0.6) is 0 Å². The second-order valence-corrected chi connectivity index (χ2v) is 7.07. The highest BCUT2D eigenvalue weighted by Crippen LogP contribution is 2.29. The third-order valence-electron chi connectivity index (χ3n) is 4.35. The van der Waals surface area contributed by atoms with Crippen LogP contribution in [-0.2, 0) is 4.79 Å². The summed E-state index contributed by atoms with van der Waals surface area (Å²) in [7, 11) is 0. The molecule has 0 atom stereocenters. The summed E-state index contributed by atoms with van der Waals surface area (Å²) >= 11 is 1.48. The third-order valence-corrected chi connectivity index (χ3v) is 5.26. The van der Waals surface area contributed by atoms with E-state index in [1.807, 2.05) is 36.4 Å². The van der Waals surface area contributed by atoms with Gasteiger partial charge in [0.1, 0.15) is 0 Å². The van der Waals surface area contributed by atoms with Gasteiger partial charge in [-0.05, 0) is 37.1 Å². The van der Waals surface area contributed by atoms with Gasteiger partial charge in [-0.15, -0.1) is 12.4 Å². The molecule has 2 aromatic rings. The fourth-order valence-electron chi connectivity index (χ4n) is 3.12. The number of carbonyl (C=O) groups excluding carboxylic acids is 1. The Labute approximate surface area is 155 Å². The van der Waals surface area contributed by atoms with E-state index >= 15 is 0 Å². The van der Waals surface area contributed by atoms with Gasteiger partial charge in [-0.25, -0.2) is 0 Å². The summed E-state index contributed by atoms with van der Waals surface area (Å²) in [5.41, 5.74) is 2.16. The maximum Gasteiger partial charge on any atom is 0.200 e. The van der Waals surface area contributed by atoms with Gasteiger partial charge >= 0.3 is 0 Å². The minimum atomic E-state index is -0.166. The number of benzene rings is 2. The SMILES string of the molecule is Cl.O=C(SCCN1CCCC1)C(c1ccccc1)c1ccccc1. The van der Waals surface area contributed by atoms with Crippen molar-refractivity contribution in [1.82, 2.24) is 4.90 Å². The van der Waals surface area contributed by atoms with Gasteiger partial charge < -0.3 is 4.90 Å². The van der Waals surface area contributed by atoms with Crippen molar-refractivity contribution in [2.75, 3.05) is 25.4 Å². The second kappa shape index (κ2) is 9.87. The summed E-state index contributed by atoms with van der Waals surface area (Å²) in [5, 5.41) is 0.251. The lowest BCUT2D eigenvalue weighted by Gasteiger charge is -2.18. The van der Waals surface area contributed by atoms with E-state index in [4.69, 9.17) is 0 Å². The third kappa shape index (κ3) is 5.10. The fourth-order valence-corrected chi connectivity index (χ4v) is 4.11. The van der Waals surface area contributed by atoms with Gasteiger partial charge in [0.2, 0.25) is 5.12 Å². The minimum Gasteiger partial charge on any atom is -0.303 e. The molecule has 1 aliphatic heterocycles. The highest BCUT2D eigenvalue weighted by molar-refractivity contribution is 8.13. The van der Waals surface area contributed by atoms with E-state index in [0.717, 1.165) is 23.4 Å². The topological polar surface area (TPSA) is 20.3 Å². The van der Waals surface area contributed by atoms with Crippen molar-refractivity contribution < 1.29 is 4.79 Å². The Bertz CT molecular complexity index is 575. The molecule has 3 rings (SSSR count). The zero-order valence-electron chi connectivity index (χ0n) is 13.8. The van der Waals surface area contributed by atoms with Gasteiger partial charge in [0.05, 0.1) is 5.92 Å². The van der Waals surface area contributed by atoms with Crippen LogP contribution in [0.1, 0.15) is 29.9 Å². The van der Waals surface area contributed by atoms with Crippen LogP contribution in [0.4, 0.5) is 0 Å². The quantitative estimate of drug-likeness (QED) is 0.750. The van der Waals surface area contributed by atoms with Gasteiger partial charge in [0, 0.05) is 12.3 Å². The standard InChI is InChI=1S/C20H23NOS.ClH/c22-20(23-16-15-21-13-7-8-14-21)19(17-9-3-1-4-10-17)18-11-5-2-6-12-18;/h1-6,9-12,19H,7-8,13-16H2;1H. The van der Waals surface area contributed by atoms with Crippen molar-refractivity contribution in [3.63, 3.8) is 0 Å². The summed E-state index contributed by atoms with van der Waals surface area (Å²) in [6.07, 6.45) is 2.60. The van der Waals surface area contributed by atoms with E-state index in [9.17, 15) is 4.79 Å². The molecule has 1 saturated heterocycles. The lowest BCUT2D eigenvalue weighted by molar-refractivity contribution is -0.111. The zero-order valence-corrected chi connectivity index (χ0v) is 15.4. The Kier molecular flexibility index (Phi) is 7.83. The molecule has 0 aliphatic carbocycles. The zero-order chi connectivity index (χ0) is 15.9. The smallest absolute Gasteiger partial charge is 0.200 e. The highest BCUT2D eigenvalue weighted by atomic mass is 35.5. The summed E-state index contributed by atoms with van der Waals surface area (Å²) < 4.78 is 0. The molecule has 1 aliphatic rings. The van der Waals surface area contributed by atoms with Crippen molar-refractivity contribution >= 4 is 29.3 Å². The van der Waals surface area contributed by atoms with Crippen molar-refractivity contribution in [2.24, 2.45) is 0 Å². The Hall–Kier alpha value is -1.29. The van der Waals surface area contributed by atoms with E-state index in [-0.39, 0.29) is 23.4 Å². The number of nitrogens with zero attached hydrogens (tertiary/aromatic N) is 1. The predicted octanol–water partition coefficient (Wildman–Crippen LogP) is 4.60. The molecule has 24 heavy (non-hydrogen) atoms. The summed E-state index contributed by atoms with van der Waals surface area (Å²) in [6.45, 7) is 3.40. The van der Waals surface area contributed by atoms with Crippen molar-refractivity contribution in [1.29, 1.82) is 0 Å². The molecule has 0 aromatic heterocycles. The monoisotopic (exact) mass is 361 g/mol. The first-order chi connectivity index (χ1) is 11.3. The number of hydrogen-bond acceptors (Lipinski definition) is 3. The number of thioether (sulfide) groups is 1. The van der Waals surface area contributed by atoms with Gasteiger partial charge in [0.15, 0.2) is 0 Å². The first kappa shape index (κ1) is 19.0. The van der Waals surface area contributed by atoms with Crippen molar-refractivity contribution in [2.45, 2.75) is 18.8 Å². The molecule has 0 N–H and O–H groups in total. The van der Waals surface area contributed by atoms with E-state index in [0.29, 0.717) is 0 Å². The molecule has 0 amide bonds. The minimum absolute atomic E-state index is 0. The van der Waals surface area contributed by atoms with E-state index in [1.165, 1.54) is 37.7 Å². The van der Waals surface area contributed by atoms with E-state index in [2.05, 4.69) is 29.2 Å². The fraction of sp³-hybridized carbons (Fsp3) is 0.350.